The quantitative estimate of drug-likeness (QED) is 0.0955. The van der Waals surface area contributed by atoms with Crippen LogP contribution in [0, 0.1) is 11.3 Å². The van der Waals surface area contributed by atoms with E-state index in [0.717, 1.165) is 68.1 Å². The lowest BCUT2D eigenvalue weighted by molar-refractivity contribution is 0.00770. The third-order valence-corrected chi connectivity index (χ3v) is 8.81. The van der Waals surface area contributed by atoms with E-state index >= 15 is 0 Å². The number of nitrogens with zero attached hydrogens (tertiary/aromatic N) is 1. The molecule has 1 heterocycles. The lowest BCUT2D eigenvalue weighted by atomic mass is 9.78. The Morgan fingerprint density at radius 3 is 1.89 bits per heavy atom. The summed E-state index contributed by atoms with van der Waals surface area (Å²) in [6, 6.07) is 8.41. The van der Waals surface area contributed by atoms with Crippen LogP contribution in [-0.2, 0) is 27.9 Å². The van der Waals surface area contributed by atoms with Crippen LogP contribution in [0.2, 0.25) is 0 Å². The molecular weight excluding hydrogens is 600 g/mol. The number of unbranched alkanes of at least 4 members (excludes halogenated alkanes) is 4. The number of nitriles is 1. The van der Waals surface area contributed by atoms with E-state index in [1.807, 2.05) is 25.1 Å². The van der Waals surface area contributed by atoms with E-state index in [1.54, 1.807) is 28.4 Å². The minimum absolute atomic E-state index is 0.111. The molecule has 2 unspecified atom stereocenters. The van der Waals surface area contributed by atoms with Gasteiger partial charge in [0.1, 0.15) is 0 Å². The molecule has 2 aromatic rings. The summed E-state index contributed by atoms with van der Waals surface area (Å²) in [5, 5.41) is 13.9. The Kier molecular flexibility index (Phi) is 16.3. The van der Waals surface area contributed by atoms with Crippen molar-refractivity contribution >= 4 is 0 Å². The molecule has 3 rings (SSSR count). The van der Waals surface area contributed by atoms with Crippen LogP contribution in [0.4, 0.5) is 0 Å². The van der Waals surface area contributed by atoms with Gasteiger partial charge < -0.3 is 43.2 Å². The molecule has 1 aliphatic rings. The molecule has 0 saturated heterocycles. The van der Waals surface area contributed by atoms with E-state index in [9.17, 15) is 5.26 Å². The van der Waals surface area contributed by atoms with Gasteiger partial charge in [0.15, 0.2) is 36.6 Å². The predicted octanol–water partition coefficient (Wildman–Crippen LogP) is 7.47. The molecule has 0 fully saturated rings. The highest BCUT2D eigenvalue weighted by Gasteiger charge is 2.33. The first kappa shape index (κ1) is 38.1. The zero-order valence-electron chi connectivity index (χ0n) is 29.6. The van der Waals surface area contributed by atoms with Crippen molar-refractivity contribution in [2.24, 2.45) is 0 Å². The van der Waals surface area contributed by atoms with Crippen molar-refractivity contribution in [2.45, 2.75) is 103 Å². The normalized spacial score (nSPS) is 15.2. The van der Waals surface area contributed by atoms with Crippen LogP contribution >= 0.6 is 0 Å². The van der Waals surface area contributed by atoms with E-state index < -0.39 is 5.41 Å². The summed E-state index contributed by atoms with van der Waals surface area (Å²) in [7, 11) is 6.43. The highest BCUT2D eigenvalue weighted by Crippen LogP contribution is 2.51. The Morgan fingerprint density at radius 1 is 0.766 bits per heavy atom. The molecule has 1 aliphatic heterocycles. The number of hydrogen-bond donors (Lipinski definition) is 1. The van der Waals surface area contributed by atoms with Gasteiger partial charge in [-0.15, -0.1) is 0 Å². The highest BCUT2D eigenvalue weighted by molar-refractivity contribution is 5.68. The van der Waals surface area contributed by atoms with Gasteiger partial charge in [-0.1, -0.05) is 45.6 Å². The number of methoxy groups -OCH3 is 4. The fourth-order valence-electron chi connectivity index (χ4n) is 5.98. The smallest absolute Gasteiger partial charge is 0.207 e. The van der Waals surface area contributed by atoms with Crippen LogP contribution < -0.4 is 33.7 Å². The van der Waals surface area contributed by atoms with Gasteiger partial charge in [0, 0.05) is 23.7 Å². The van der Waals surface area contributed by atoms with Crippen LogP contribution in [-0.4, -0.2) is 61.3 Å². The molecule has 0 bridgehead atoms. The number of hydrogen-bond acceptors (Lipinski definition) is 10. The zero-order chi connectivity index (χ0) is 34.1. The fourth-order valence-corrected chi connectivity index (χ4v) is 5.98. The van der Waals surface area contributed by atoms with Gasteiger partial charge in [-0.2, -0.15) is 5.26 Å². The second-order valence-corrected chi connectivity index (χ2v) is 12.1. The maximum Gasteiger partial charge on any atom is 0.207 e. The van der Waals surface area contributed by atoms with E-state index in [2.05, 4.69) is 25.2 Å². The Labute approximate surface area is 281 Å². The molecule has 10 heteroatoms. The molecule has 0 radical (unpaired) electrons. The minimum Gasteiger partial charge on any atom is -0.493 e. The lowest BCUT2D eigenvalue weighted by Crippen LogP contribution is -2.36. The number of fused-ring (bicyclic) bond motifs is 1. The predicted molar refractivity (Wildman–Crippen MR) is 182 cm³/mol. The second-order valence-electron chi connectivity index (χ2n) is 12.1. The summed E-state index contributed by atoms with van der Waals surface area (Å²) in [5.74, 6) is 3.43. The largest absolute Gasteiger partial charge is 0.493 e. The average Bonchev–Trinajstić information content (AvgIpc) is 3.10. The van der Waals surface area contributed by atoms with Crippen molar-refractivity contribution in [1.29, 1.82) is 5.26 Å². The van der Waals surface area contributed by atoms with Crippen molar-refractivity contribution in [3.05, 3.63) is 34.9 Å². The van der Waals surface area contributed by atoms with Crippen molar-refractivity contribution < 1.29 is 37.9 Å². The molecule has 10 nitrogen and oxygen atoms in total. The molecule has 0 aromatic heterocycles. The number of rotatable bonds is 23. The monoisotopic (exact) mass is 656 g/mol. The van der Waals surface area contributed by atoms with Gasteiger partial charge in [0.05, 0.1) is 53.1 Å². The van der Waals surface area contributed by atoms with E-state index in [0.29, 0.717) is 67.1 Å². The summed E-state index contributed by atoms with van der Waals surface area (Å²) in [6.45, 7) is 8.37. The lowest BCUT2D eigenvalue weighted by Gasteiger charge is -2.32. The molecule has 2 aromatic carbocycles. The average molecular weight is 657 g/mol. The molecular formula is C37H56N2O8. The van der Waals surface area contributed by atoms with Gasteiger partial charge in [-0.3, -0.25) is 0 Å². The molecule has 1 N–H and O–H groups in total. The summed E-state index contributed by atoms with van der Waals surface area (Å²) >= 11 is 0. The maximum absolute atomic E-state index is 10.2. The summed E-state index contributed by atoms with van der Waals surface area (Å²) in [5.41, 5.74) is 2.20. The molecule has 0 spiro atoms. The zero-order valence-corrected chi connectivity index (χ0v) is 29.6. The standard InChI is InChI=1S/C37H56N2O8/c1-8-10-12-19-44-25-46-33-29-22-28(15-14-18-37(3,24-38)27-16-17-31(40-4)32(21-27)41-5)39-23-30(29)34(36(43-7)35(33)42-6)47-26-45-20-13-11-9-2/h16-17,21,28,39H,8-15,18-20,22-23,25-26H2,1-7H3. The van der Waals surface area contributed by atoms with Gasteiger partial charge in [0.25, 0.3) is 0 Å². The fraction of sp³-hybridized carbons (Fsp3) is 0.649. The third kappa shape index (κ3) is 10.3. The molecule has 0 amide bonds. The van der Waals surface area contributed by atoms with Gasteiger partial charge in [-0.05, 0) is 63.1 Å². The van der Waals surface area contributed by atoms with Gasteiger partial charge in [0.2, 0.25) is 11.5 Å². The summed E-state index contributed by atoms with van der Waals surface area (Å²) in [4.78, 5) is 0. The van der Waals surface area contributed by atoms with Crippen molar-refractivity contribution in [3.63, 3.8) is 0 Å². The third-order valence-electron chi connectivity index (χ3n) is 8.81. The van der Waals surface area contributed by atoms with Gasteiger partial charge in [-0.25, -0.2) is 0 Å². The maximum atomic E-state index is 10.2. The molecule has 262 valence electrons. The second kappa shape index (κ2) is 20.1. The van der Waals surface area contributed by atoms with Crippen molar-refractivity contribution in [1.82, 2.24) is 5.32 Å². The molecule has 0 saturated carbocycles. The van der Waals surface area contributed by atoms with Crippen molar-refractivity contribution in [3.8, 4) is 40.6 Å². The molecule has 47 heavy (non-hydrogen) atoms. The Bertz CT molecular complexity index is 1280. The summed E-state index contributed by atoms with van der Waals surface area (Å²) in [6.07, 6.45) is 9.54. The minimum atomic E-state index is -0.676. The Morgan fingerprint density at radius 2 is 1.36 bits per heavy atom. The van der Waals surface area contributed by atoms with E-state index in [4.69, 9.17) is 37.9 Å². The first-order valence-electron chi connectivity index (χ1n) is 17.0. The summed E-state index contributed by atoms with van der Waals surface area (Å²) < 4.78 is 46.8. The van der Waals surface area contributed by atoms with Gasteiger partial charge >= 0.3 is 0 Å². The highest BCUT2D eigenvalue weighted by atomic mass is 16.7. The number of ether oxygens (including phenoxy) is 8. The molecule has 0 aliphatic carbocycles. The first-order valence-corrected chi connectivity index (χ1v) is 17.0. The number of benzene rings is 2. The first-order chi connectivity index (χ1) is 22.9. The Balaban J connectivity index is 1.81. The number of nitrogens with one attached hydrogen (secondary N) is 1. The van der Waals surface area contributed by atoms with Crippen LogP contribution in [0.5, 0.6) is 34.5 Å². The van der Waals surface area contributed by atoms with E-state index in [1.165, 1.54) is 0 Å². The van der Waals surface area contributed by atoms with Crippen molar-refractivity contribution in [2.75, 3.05) is 55.2 Å². The van der Waals surface area contributed by atoms with E-state index in [-0.39, 0.29) is 19.6 Å². The van der Waals surface area contributed by atoms with Crippen LogP contribution in [0.3, 0.4) is 0 Å². The SMILES string of the molecule is CCCCCOCOc1c2c(c(OCOCCCCC)c(OC)c1OC)CC(CCCC(C)(C#N)c1ccc(OC)c(OC)c1)NC2. The van der Waals surface area contributed by atoms with Crippen LogP contribution in [0.25, 0.3) is 0 Å². The Hall–Kier alpha value is -3.39. The topological polar surface area (TPSA) is 110 Å². The molecule has 2 atom stereocenters. The van der Waals surface area contributed by atoms with Crippen LogP contribution in [0.15, 0.2) is 18.2 Å². The van der Waals surface area contributed by atoms with Crippen LogP contribution in [0.1, 0.15) is 95.2 Å².